The first kappa shape index (κ1) is 25.3. The normalized spacial score (nSPS) is 15.6. The van der Waals surface area contributed by atoms with Gasteiger partial charge in [-0.25, -0.2) is 15.0 Å². The second-order valence-corrected chi connectivity index (χ2v) is 10.4. The number of carbonyl (C=O) groups excluding carboxylic acids is 1. The van der Waals surface area contributed by atoms with Gasteiger partial charge in [-0.2, -0.15) is 13.2 Å². The topological polar surface area (TPSA) is 94.4 Å². The third-order valence-corrected chi connectivity index (χ3v) is 7.04. The number of fused-ring (bicyclic) bond motifs is 1. The highest BCUT2D eigenvalue weighted by Crippen LogP contribution is 2.45. The maximum atomic E-state index is 13.3. The summed E-state index contributed by atoms with van der Waals surface area (Å²) in [5.41, 5.74) is 3.18. The molecule has 0 saturated heterocycles. The second kappa shape index (κ2) is 8.79. The van der Waals surface area contributed by atoms with E-state index in [0.29, 0.717) is 29.7 Å². The van der Waals surface area contributed by atoms with Crippen LogP contribution in [0.5, 0.6) is 0 Å². The van der Waals surface area contributed by atoms with Crippen LogP contribution >= 0.6 is 11.3 Å². The molecule has 1 fully saturated rings. The predicted octanol–water partition coefficient (Wildman–Crippen LogP) is 3.91. The molecular formula is C21H29F3N4O4S. The van der Waals surface area contributed by atoms with Gasteiger partial charge in [0.25, 0.3) is 5.56 Å². The number of aromatic nitrogens is 2. The van der Waals surface area contributed by atoms with Crippen LogP contribution in [0.25, 0.3) is 10.2 Å². The number of halogens is 3. The lowest BCUT2D eigenvalue weighted by Crippen LogP contribution is -2.45. The number of hydrogen-bond acceptors (Lipinski definition) is 6. The van der Waals surface area contributed by atoms with Crippen LogP contribution in [0.2, 0.25) is 0 Å². The number of carbonyl (C=O) groups is 1. The number of nitrogens with zero attached hydrogens (tertiary/aromatic N) is 2. The van der Waals surface area contributed by atoms with E-state index in [4.69, 9.17) is 4.74 Å². The Morgan fingerprint density at radius 3 is 2.36 bits per heavy atom. The maximum absolute atomic E-state index is 13.3. The van der Waals surface area contributed by atoms with Gasteiger partial charge in [0, 0.05) is 18.0 Å². The number of hydrazine groups is 1. The molecule has 1 amide bonds. The summed E-state index contributed by atoms with van der Waals surface area (Å²) >= 11 is 1.07. The second-order valence-electron chi connectivity index (χ2n) is 9.33. The highest BCUT2D eigenvalue weighted by atomic mass is 32.1. The molecular weight excluding hydrogens is 461 g/mol. The van der Waals surface area contributed by atoms with Crippen molar-refractivity contribution in [1.82, 2.24) is 20.0 Å². The van der Waals surface area contributed by atoms with E-state index in [0.717, 1.165) is 20.5 Å². The van der Waals surface area contributed by atoms with Gasteiger partial charge in [0.15, 0.2) is 0 Å². The van der Waals surface area contributed by atoms with Crippen molar-refractivity contribution >= 4 is 27.6 Å². The van der Waals surface area contributed by atoms with E-state index in [-0.39, 0.29) is 16.8 Å². The molecule has 2 aromatic heterocycles. The van der Waals surface area contributed by atoms with Crippen molar-refractivity contribution in [3.8, 4) is 0 Å². The number of aryl methyl sites for hydroxylation is 2. The van der Waals surface area contributed by atoms with Crippen molar-refractivity contribution in [2.24, 2.45) is 0 Å². The molecule has 0 aliphatic heterocycles. The molecule has 12 heteroatoms. The van der Waals surface area contributed by atoms with Crippen LogP contribution in [0.4, 0.5) is 18.0 Å². The quantitative estimate of drug-likeness (QED) is 0.574. The summed E-state index contributed by atoms with van der Waals surface area (Å²) in [6.07, 6.45) is -4.48. The van der Waals surface area contributed by atoms with Crippen molar-refractivity contribution in [2.45, 2.75) is 90.7 Å². The number of amides is 1. The third kappa shape index (κ3) is 5.43. The number of nitrogens with one attached hydrogen (secondary N) is 2. The zero-order chi connectivity index (χ0) is 24.8. The summed E-state index contributed by atoms with van der Waals surface area (Å²) in [5.74, 6) is 0. The summed E-state index contributed by atoms with van der Waals surface area (Å²) in [4.78, 5) is 39.2. The van der Waals surface area contributed by atoms with Crippen LogP contribution in [-0.4, -0.2) is 27.0 Å². The van der Waals surface area contributed by atoms with Gasteiger partial charge < -0.3 is 4.74 Å². The molecule has 184 valence electrons. The molecule has 1 aliphatic rings. The van der Waals surface area contributed by atoms with E-state index in [1.165, 1.54) is 0 Å². The average molecular weight is 491 g/mol. The lowest BCUT2D eigenvalue weighted by Gasteiger charge is -2.19. The fourth-order valence-electron chi connectivity index (χ4n) is 3.79. The van der Waals surface area contributed by atoms with Crippen LogP contribution in [0.3, 0.4) is 0 Å². The fraction of sp³-hybridized carbons (Fsp3) is 0.667. The van der Waals surface area contributed by atoms with Crippen molar-refractivity contribution in [3.05, 3.63) is 31.3 Å². The highest BCUT2D eigenvalue weighted by molar-refractivity contribution is 7.18. The van der Waals surface area contributed by atoms with Crippen LogP contribution in [0.15, 0.2) is 9.59 Å². The van der Waals surface area contributed by atoms with Crippen LogP contribution in [0, 0.1) is 6.92 Å². The van der Waals surface area contributed by atoms with E-state index < -0.39 is 47.6 Å². The van der Waals surface area contributed by atoms with Gasteiger partial charge in [-0.05, 0) is 52.5 Å². The number of alkyl halides is 3. The largest absolute Gasteiger partial charge is 0.443 e. The Morgan fingerprint density at radius 1 is 1.21 bits per heavy atom. The molecule has 1 aliphatic carbocycles. The highest BCUT2D eigenvalue weighted by Gasteiger charge is 2.46. The number of thiophene rings is 1. The Hall–Kier alpha value is -2.34. The molecule has 0 aromatic carbocycles. The monoisotopic (exact) mass is 490 g/mol. The predicted molar refractivity (Wildman–Crippen MR) is 119 cm³/mol. The maximum Gasteiger partial charge on any atom is 0.422 e. The average Bonchev–Trinajstić information content (AvgIpc) is 3.38. The summed E-state index contributed by atoms with van der Waals surface area (Å²) in [6, 6.07) is 0. The lowest BCUT2D eigenvalue weighted by molar-refractivity contribution is -0.136. The zero-order valence-electron chi connectivity index (χ0n) is 19.3. The van der Waals surface area contributed by atoms with E-state index >= 15 is 0 Å². The number of rotatable bonds is 7. The molecule has 0 spiro atoms. The number of hydrogen-bond donors (Lipinski definition) is 2. The minimum absolute atomic E-state index is 0.107. The Morgan fingerprint density at radius 2 is 1.85 bits per heavy atom. The Kier molecular flexibility index (Phi) is 6.73. The Bertz CT molecular complexity index is 1170. The molecule has 2 N–H and O–H groups in total. The van der Waals surface area contributed by atoms with Crippen molar-refractivity contribution in [1.29, 1.82) is 0 Å². The minimum Gasteiger partial charge on any atom is -0.443 e. The molecule has 0 unspecified atom stereocenters. The molecule has 0 radical (unpaired) electrons. The fourth-order valence-corrected chi connectivity index (χ4v) is 5.05. The van der Waals surface area contributed by atoms with Gasteiger partial charge in [-0.15, -0.1) is 11.3 Å². The number of ether oxygens (including phenoxy) is 1. The standard InChI is InChI=1S/C21H29F3N4O4S/c1-6-20(7-8-20)28-15(29)14-12(2)13(11-25-26-17(30)32-19(3,4)5)33-16(14)27(18(28)31)10-9-21(22,23)24/h25H,6-11H2,1-5H3,(H,26,30). The lowest BCUT2D eigenvalue weighted by atomic mass is 10.1. The van der Waals surface area contributed by atoms with Gasteiger partial charge in [0.1, 0.15) is 10.4 Å². The first-order valence-corrected chi connectivity index (χ1v) is 11.6. The van der Waals surface area contributed by atoms with E-state index in [9.17, 15) is 27.6 Å². The molecule has 8 nitrogen and oxygen atoms in total. The molecule has 2 aromatic rings. The van der Waals surface area contributed by atoms with Gasteiger partial charge in [-0.1, -0.05) is 6.92 Å². The Labute approximate surface area is 192 Å². The van der Waals surface area contributed by atoms with Gasteiger partial charge in [0.05, 0.1) is 17.3 Å². The first-order chi connectivity index (χ1) is 15.2. The van der Waals surface area contributed by atoms with Gasteiger partial charge in [-0.3, -0.25) is 19.4 Å². The van der Waals surface area contributed by atoms with E-state index in [2.05, 4.69) is 10.9 Å². The summed E-state index contributed by atoms with van der Waals surface area (Å²) in [6.45, 7) is 8.25. The van der Waals surface area contributed by atoms with Crippen molar-refractivity contribution in [3.63, 3.8) is 0 Å². The SMILES string of the molecule is CCC1(n2c(=O)c3c(C)c(CNNC(=O)OC(C)(C)C)sc3n(CCC(F)(F)F)c2=O)CC1. The molecule has 0 atom stereocenters. The smallest absolute Gasteiger partial charge is 0.422 e. The van der Waals surface area contributed by atoms with Crippen LogP contribution in [-0.2, 0) is 23.4 Å². The van der Waals surface area contributed by atoms with Crippen LogP contribution in [0.1, 0.15) is 63.8 Å². The van der Waals surface area contributed by atoms with Gasteiger partial charge in [0.2, 0.25) is 0 Å². The molecule has 2 heterocycles. The Balaban J connectivity index is 2.01. The van der Waals surface area contributed by atoms with Crippen LogP contribution < -0.4 is 22.1 Å². The van der Waals surface area contributed by atoms with Crippen molar-refractivity contribution < 1.29 is 22.7 Å². The summed E-state index contributed by atoms with van der Waals surface area (Å²) in [7, 11) is 0. The molecule has 0 bridgehead atoms. The third-order valence-electron chi connectivity index (χ3n) is 5.73. The zero-order valence-corrected chi connectivity index (χ0v) is 20.1. The first-order valence-electron chi connectivity index (χ1n) is 10.8. The summed E-state index contributed by atoms with van der Waals surface area (Å²) < 4.78 is 46.3. The van der Waals surface area contributed by atoms with Crippen molar-refractivity contribution in [2.75, 3.05) is 0 Å². The van der Waals surface area contributed by atoms with E-state index in [1.807, 2.05) is 6.92 Å². The summed E-state index contributed by atoms with van der Waals surface area (Å²) in [5, 5.41) is 0.246. The van der Waals surface area contributed by atoms with E-state index in [1.54, 1.807) is 27.7 Å². The molecule has 1 saturated carbocycles. The molecule has 3 rings (SSSR count). The molecule has 33 heavy (non-hydrogen) atoms. The minimum atomic E-state index is -4.44. The van der Waals surface area contributed by atoms with Gasteiger partial charge >= 0.3 is 18.0 Å².